The average molecular weight is 429 g/mol. The van der Waals surface area contributed by atoms with E-state index in [2.05, 4.69) is 16.0 Å². The van der Waals surface area contributed by atoms with E-state index in [1.807, 2.05) is 0 Å². The molecule has 166 valence electrons. The van der Waals surface area contributed by atoms with E-state index in [4.69, 9.17) is 15.6 Å². The number of benzene rings is 1. The zero-order chi connectivity index (χ0) is 22.4. The van der Waals surface area contributed by atoms with Gasteiger partial charge in [-0.15, -0.1) is 0 Å². The lowest BCUT2D eigenvalue weighted by Gasteiger charge is -2.32. The summed E-state index contributed by atoms with van der Waals surface area (Å²) < 4.78 is 19.8. The topological polar surface area (TPSA) is 113 Å². The number of amides is 1. The number of allylic oxidation sites excluding steroid dienone is 1. The summed E-state index contributed by atoms with van der Waals surface area (Å²) in [7, 11) is 1.68. The van der Waals surface area contributed by atoms with Crippen LogP contribution in [0, 0.1) is 16.6 Å². The molecular formula is C22H29FN6O2. The lowest BCUT2D eigenvalue weighted by Crippen LogP contribution is -2.42. The molecule has 9 heteroatoms. The van der Waals surface area contributed by atoms with Crippen molar-refractivity contribution in [2.45, 2.75) is 25.8 Å². The Hall–Kier alpha value is -3.20. The van der Waals surface area contributed by atoms with Crippen LogP contribution in [0.15, 0.2) is 35.7 Å². The minimum absolute atomic E-state index is 0.0366. The Morgan fingerprint density at radius 1 is 1.39 bits per heavy atom. The number of anilines is 1. The zero-order valence-corrected chi connectivity index (χ0v) is 17.8. The molecule has 3 rings (SSSR count). The number of rotatable bonds is 7. The summed E-state index contributed by atoms with van der Waals surface area (Å²) in [6, 6.07) is 4.63. The summed E-state index contributed by atoms with van der Waals surface area (Å²) in [6.07, 6.45) is 4.15. The minimum atomic E-state index is -0.453. The van der Waals surface area contributed by atoms with Crippen molar-refractivity contribution in [1.82, 2.24) is 15.5 Å². The van der Waals surface area contributed by atoms with Gasteiger partial charge in [0.1, 0.15) is 11.7 Å². The molecule has 1 amide bonds. The highest BCUT2D eigenvalue weighted by Crippen LogP contribution is 2.24. The predicted molar refractivity (Wildman–Crippen MR) is 120 cm³/mol. The highest BCUT2D eigenvalue weighted by atomic mass is 19.1. The summed E-state index contributed by atoms with van der Waals surface area (Å²) in [5, 5.41) is 25.5. The molecule has 1 fully saturated rings. The Kier molecular flexibility index (Phi) is 7.41. The molecule has 1 unspecified atom stereocenters. The Labute approximate surface area is 181 Å². The lowest BCUT2D eigenvalue weighted by atomic mass is 10.0. The fraction of sp³-hybridized carbons (Fsp3) is 0.409. The van der Waals surface area contributed by atoms with Crippen LogP contribution in [0.3, 0.4) is 0 Å². The molecule has 1 aromatic carbocycles. The van der Waals surface area contributed by atoms with E-state index in [1.165, 1.54) is 13.0 Å². The summed E-state index contributed by atoms with van der Waals surface area (Å²) in [5.41, 5.74) is 2.81. The second kappa shape index (κ2) is 10.2. The van der Waals surface area contributed by atoms with Gasteiger partial charge in [-0.1, -0.05) is 0 Å². The van der Waals surface area contributed by atoms with Crippen LogP contribution >= 0.6 is 0 Å². The summed E-state index contributed by atoms with van der Waals surface area (Å²) in [6.45, 7) is 3.79. The second-order valence-corrected chi connectivity index (χ2v) is 7.58. The molecule has 1 saturated heterocycles. The quantitative estimate of drug-likeness (QED) is 0.338. The van der Waals surface area contributed by atoms with E-state index >= 15 is 0 Å². The van der Waals surface area contributed by atoms with Crippen LogP contribution < -0.4 is 16.0 Å². The lowest BCUT2D eigenvalue weighted by molar-refractivity contribution is -0.128. The maximum Gasteiger partial charge on any atom is 0.219 e. The molecule has 8 nitrogen and oxygen atoms in total. The van der Waals surface area contributed by atoms with Crippen molar-refractivity contribution < 1.29 is 13.9 Å². The van der Waals surface area contributed by atoms with Crippen molar-refractivity contribution >= 4 is 29.2 Å². The summed E-state index contributed by atoms with van der Waals surface area (Å²) in [5.74, 6) is -0.338. The van der Waals surface area contributed by atoms with Gasteiger partial charge in [-0.05, 0) is 24.6 Å². The number of nitrogens with zero attached hydrogens (tertiary/aromatic N) is 1. The molecule has 0 saturated carbocycles. The van der Waals surface area contributed by atoms with Gasteiger partial charge < -0.3 is 31.0 Å². The molecule has 1 atom stereocenters. The van der Waals surface area contributed by atoms with Crippen molar-refractivity contribution in [1.29, 1.82) is 10.8 Å². The van der Waals surface area contributed by atoms with Crippen molar-refractivity contribution in [3.63, 3.8) is 0 Å². The number of hydrogen-bond acceptors (Lipinski definition) is 6. The Bertz CT molecular complexity index is 921. The molecule has 2 aliphatic rings. The van der Waals surface area contributed by atoms with Gasteiger partial charge >= 0.3 is 0 Å². The Balaban J connectivity index is 1.86. The molecule has 31 heavy (non-hydrogen) atoms. The summed E-state index contributed by atoms with van der Waals surface area (Å²) in [4.78, 5) is 13.6. The van der Waals surface area contributed by atoms with Crippen LogP contribution in [0.25, 0.3) is 5.57 Å². The molecular weight excluding hydrogens is 399 g/mol. The maximum atomic E-state index is 14.3. The standard InChI is InChI=1S/C22H29FN6O2/c1-14(30)29-7-5-21(27-17-6-8-31-13-17)19(12-29)22(25)28-16-3-4-20(23)18(9-16)15(10-24)11-26-2/h3-4,9-11,17,24,26-27H,5-8,12-13H2,1-2H3,(H2,25,28)/b15-11+,24-10?. The SMILES string of the molecule is CN/C=C(\C=N)c1cc(NC(=N)C2=C(NC3CCOC3)CCN(C(C)=O)C2)ccc1F. The average Bonchev–Trinajstić information content (AvgIpc) is 3.26. The molecule has 5 N–H and O–H groups in total. The first kappa shape index (κ1) is 22.5. The normalized spacial score (nSPS) is 19.3. The van der Waals surface area contributed by atoms with Crippen molar-refractivity contribution in [3.8, 4) is 0 Å². The van der Waals surface area contributed by atoms with E-state index < -0.39 is 5.82 Å². The highest BCUT2D eigenvalue weighted by molar-refractivity contribution is 6.10. The van der Waals surface area contributed by atoms with Crippen LogP contribution in [-0.2, 0) is 9.53 Å². The van der Waals surface area contributed by atoms with Gasteiger partial charge in [0.05, 0.1) is 19.2 Å². The first-order valence-electron chi connectivity index (χ1n) is 10.3. The third-order valence-corrected chi connectivity index (χ3v) is 5.40. The van der Waals surface area contributed by atoms with Crippen molar-refractivity contribution in [2.24, 2.45) is 0 Å². The molecule has 1 aromatic rings. The molecule has 2 heterocycles. The maximum absolute atomic E-state index is 14.3. The highest BCUT2D eigenvalue weighted by Gasteiger charge is 2.26. The van der Waals surface area contributed by atoms with E-state index in [-0.39, 0.29) is 23.3 Å². The molecule has 0 aromatic heterocycles. The number of carbonyl (C=O) groups is 1. The van der Waals surface area contributed by atoms with Gasteiger partial charge in [-0.25, -0.2) is 4.39 Å². The minimum Gasteiger partial charge on any atom is -0.393 e. The first-order valence-corrected chi connectivity index (χ1v) is 10.3. The van der Waals surface area contributed by atoms with Gasteiger partial charge in [0.15, 0.2) is 0 Å². The van der Waals surface area contributed by atoms with Crippen LogP contribution in [0.4, 0.5) is 10.1 Å². The number of amidine groups is 1. The fourth-order valence-electron chi connectivity index (χ4n) is 3.71. The molecule has 0 spiro atoms. The number of carbonyl (C=O) groups excluding carboxylic acids is 1. The summed E-state index contributed by atoms with van der Waals surface area (Å²) >= 11 is 0. The molecule has 2 aliphatic heterocycles. The Morgan fingerprint density at radius 3 is 2.84 bits per heavy atom. The number of ether oxygens (including phenoxy) is 1. The fourth-order valence-corrected chi connectivity index (χ4v) is 3.71. The van der Waals surface area contributed by atoms with Gasteiger partial charge in [0.2, 0.25) is 5.91 Å². The van der Waals surface area contributed by atoms with Crippen molar-refractivity contribution in [3.05, 3.63) is 47.0 Å². The Morgan fingerprint density at radius 2 is 2.19 bits per heavy atom. The molecule has 0 bridgehead atoms. The molecule has 0 radical (unpaired) electrons. The largest absolute Gasteiger partial charge is 0.393 e. The second-order valence-electron chi connectivity index (χ2n) is 7.58. The molecule has 0 aliphatic carbocycles. The van der Waals surface area contributed by atoms with Crippen LogP contribution in [0.1, 0.15) is 25.3 Å². The van der Waals surface area contributed by atoms with Gasteiger partial charge in [-0.2, -0.15) is 0 Å². The number of halogens is 1. The zero-order valence-electron chi connectivity index (χ0n) is 17.8. The van der Waals surface area contributed by atoms with Gasteiger partial charge in [0, 0.05) is 74.1 Å². The van der Waals surface area contributed by atoms with Crippen LogP contribution in [0.2, 0.25) is 0 Å². The smallest absolute Gasteiger partial charge is 0.219 e. The van der Waals surface area contributed by atoms with Crippen molar-refractivity contribution in [2.75, 3.05) is 38.7 Å². The van der Waals surface area contributed by atoms with Gasteiger partial charge in [-0.3, -0.25) is 10.2 Å². The van der Waals surface area contributed by atoms with E-state index in [0.29, 0.717) is 49.6 Å². The first-order chi connectivity index (χ1) is 14.9. The number of hydrogen-bond donors (Lipinski definition) is 5. The van der Waals surface area contributed by atoms with E-state index in [0.717, 1.165) is 18.3 Å². The van der Waals surface area contributed by atoms with Crippen LogP contribution in [-0.4, -0.2) is 62.3 Å². The third kappa shape index (κ3) is 5.49. The monoisotopic (exact) mass is 428 g/mol. The van der Waals surface area contributed by atoms with E-state index in [9.17, 15) is 9.18 Å². The number of nitrogens with one attached hydrogen (secondary N) is 5. The predicted octanol–water partition coefficient (Wildman–Crippen LogP) is 2.31. The van der Waals surface area contributed by atoms with Gasteiger partial charge in [0.25, 0.3) is 0 Å². The third-order valence-electron chi connectivity index (χ3n) is 5.40. The van der Waals surface area contributed by atoms with E-state index in [1.54, 1.807) is 30.3 Å². The van der Waals surface area contributed by atoms with Crippen LogP contribution in [0.5, 0.6) is 0 Å².